The van der Waals surface area contributed by atoms with Gasteiger partial charge in [0.1, 0.15) is 12.7 Å². The molecule has 5 nitrogen and oxygen atoms in total. The summed E-state index contributed by atoms with van der Waals surface area (Å²) in [5.74, 6) is -1.07. The van der Waals surface area contributed by atoms with E-state index >= 15 is 0 Å². The van der Waals surface area contributed by atoms with Gasteiger partial charge < -0.3 is 14.2 Å². The SMILES string of the molecule is CCCCOC(=O)/C=C/C(=O)OCC1CO1. The summed E-state index contributed by atoms with van der Waals surface area (Å²) in [4.78, 5) is 22.1. The van der Waals surface area contributed by atoms with Gasteiger partial charge in [-0.15, -0.1) is 0 Å². The number of unbranched alkanes of at least 4 members (excludes halogenated alkanes) is 1. The summed E-state index contributed by atoms with van der Waals surface area (Å²) in [5, 5.41) is 0. The summed E-state index contributed by atoms with van der Waals surface area (Å²) < 4.78 is 14.5. The summed E-state index contributed by atoms with van der Waals surface area (Å²) in [6.07, 6.45) is 3.96. The van der Waals surface area contributed by atoms with Gasteiger partial charge in [0.05, 0.1) is 13.2 Å². The lowest BCUT2D eigenvalue weighted by Crippen LogP contribution is -2.08. The Morgan fingerprint density at radius 1 is 1.31 bits per heavy atom. The fraction of sp³-hybridized carbons (Fsp3) is 0.636. The number of hydrogen-bond donors (Lipinski definition) is 0. The van der Waals surface area contributed by atoms with Crippen molar-refractivity contribution in [3.05, 3.63) is 12.2 Å². The third-order valence-corrected chi connectivity index (χ3v) is 1.91. The van der Waals surface area contributed by atoms with E-state index in [1.54, 1.807) is 0 Å². The Kier molecular flexibility index (Phi) is 5.56. The van der Waals surface area contributed by atoms with Gasteiger partial charge in [-0.1, -0.05) is 13.3 Å². The van der Waals surface area contributed by atoms with Gasteiger partial charge in [-0.25, -0.2) is 9.59 Å². The highest BCUT2D eigenvalue weighted by molar-refractivity contribution is 5.91. The first-order valence-electron chi connectivity index (χ1n) is 5.35. The molecule has 1 heterocycles. The minimum absolute atomic E-state index is 0.0360. The third-order valence-electron chi connectivity index (χ3n) is 1.91. The Morgan fingerprint density at radius 3 is 2.50 bits per heavy atom. The Balaban J connectivity index is 2.07. The zero-order chi connectivity index (χ0) is 11.8. The number of ether oxygens (including phenoxy) is 3. The molecular weight excluding hydrogens is 212 g/mol. The maximum atomic E-state index is 11.0. The predicted octanol–water partition coefficient (Wildman–Crippen LogP) is 0.828. The minimum Gasteiger partial charge on any atom is -0.463 e. The number of epoxide rings is 1. The molecule has 0 saturated carbocycles. The molecule has 0 aliphatic carbocycles. The van der Waals surface area contributed by atoms with Crippen LogP contribution in [0.4, 0.5) is 0 Å². The van der Waals surface area contributed by atoms with Crippen LogP contribution in [0.1, 0.15) is 19.8 Å². The van der Waals surface area contributed by atoms with Gasteiger partial charge in [0.25, 0.3) is 0 Å². The van der Waals surface area contributed by atoms with Crippen molar-refractivity contribution in [3.63, 3.8) is 0 Å². The van der Waals surface area contributed by atoms with Crippen molar-refractivity contribution in [3.8, 4) is 0 Å². The molecule has 0 bridgehead atoms. The second kappa shape index (κ2) is 7.00. The zero-order valence-corrected chi connectivity index (χ0v) is 9.31. The monoisotopic (exact) mass is 228 g/mol. The molecule has 0 spiro atoms. The van der Waals surface area contributed by atoms with Crippen LogP contribution < -0.4 is 0 Å². The molecule has 1 aliphatic heterocycles. The largest absolute Gasteiger partial charge is 0.463 e. The van der Waals surface area contributed by atoms with Crippen LogP contribution in [0.25, 0.3) is 0 Å². The van der Waals surface area contributed by atoms with Crippen LogP contribution in [0, 0.1) is 0 Å². The molecule has 0 aromatic carbocycles. The highest BCUT2D eigenvalue weighted by Gasteiger charge is 2.23. The van der Waals surface area contributed by atoms with E-state index in [1.807, 2.05) is 6.92 Å². The van der Waals surface area contributed by atoms with Gasteiger partial charge in [0, 0.05) is 12.2 Å². The van der Waals surface area contributed by atoms with Crippen LogP contribution in [-0.4, -0.2) is 37.9 Å². The standard InChI is InChI=1S/C11H16O5/c1-2-3-6-14-10(12)4-5-11(13)16-8-9-7-15-9/h4-5,9H,2-3,6-8H2,1H3/b5-4+. The van der Waals surface area contributed by atoms with E-state index in [1.165, 1.54) is 0 Å². The maximum absolute atomic E-state index is 11.0. The molecule has 1 unspecified atom stereocenters. The molecule has 1 saturated heterocycles. The van der Waals surface area contributed by atoms with Crippen LogP contribution in [0.3, 0.4) is 0 Å². The molecule has 5 heteroatoms. The van der Waals surface area contributed by atoms with Crippen molar-refractivity contribution in [2.45, 2.75) is 25.9 Å². The van der Waals surface area contributed by atoms with E-state index in [0.29, 0.717) is 13.2 Å². The molecule has 1 atom stereocenters. The smallest absolute Gasteiger partial charge is 0.331 e. The van der Waals surface area contributed by atoms with E-state index in [4.69, 9.17) is 14.2 Å². The van der Waals surface area contributed by atoms with Gasteiger partial charge in [-0.2, -0.15) is 0 Å². The fourth-order valence-electron chi connectivity index (χ4n) is 0.889. The molecule has 1 rings (SSSR count). The highest BCUT2D eigenvalue weighted by atomic mass is 16.6. The number of carbonyl (C=O) groups excluding carboxylic acids is 2. The van der Waals surface area contributed by atoms with E-state index in [-0.39, 0.29) is 12.7 Å². The van der Waals surface area contributed by atoms with Crippen LogP contribution in [0.2, 0.25) is 0 Å². The molecule has 1 fully saturated rings. The van der Waals surface area contributed by atoms with Crippen LogP contribution >= 0.6 is 0 Å². The first-order valence-corrected chi connectivity index (χ1v) is 5.35. The second-order valence-electron chi connectivity index (χ2n) is 3.44. The Bertz CT molecular complexity index is 268. The van der Waals surface area contributed by atoms with E-state index in [2.05, 4.69) is 0 Å². The number of hydrogen-bond acceptors (Lipinski definition) is 5. The first kappa shape index (κ1) is 12.7. The van der Waals surface area contributed by atoms with Crippen LogP contribution in [0.5, 0.6) is 0 Å². The van der Waals surface area contributed by atoms with Crippen molar-refractivity contribution < 1.29 is 23.8 Å². The van der Waals surface area contributed by atoms with Crippen molar-refractivity contribution >= 4 is 11.9 Å². The predicted molar refractivity (Wildman–Crippen MR) is 55.7 cm³/mol. The van der Waals surface area contributed by atoms with Gasteiger partial charge in [-0.3, -0.25) is 0 Å². The van der Waals surface area contributed by atoms with Gasteiger partial charge in [0.2, 0.25) is 0 Å². The zero-order valence-electron chi connectivity index (χ0n) is 9.31. The maximum Gasteiger partial charge on any atom is 0.331 e. The average molecular weight is 228 g/mol. The molecule has 16 heavy (non-hydrogen) atoms. The van der Waals surface area contributed by atoms with Crippen molar-refractivity contribution in [1.82, 2.24) is 0 Å². The lowest BCUT2D eigenvalue weighted by atomic mass is 10.4. The third kappa shape index (κ3) is 6.19. The fourth-order valence-corrected chi connectivity index (χ4v) is 0.889. The molecule has 0 amide bonds. The Labute approximate surface area is 94.4 Å². The summed E-state index contributed by atoms with van der Waals surface area (Å²) in [6.45, 7) is 3.26. The van der Waals surface area contributed by atoms with Crippen molar-refractivity contribution in [1.29, 1.82) is 0 Å². The van der Waals surface area contributed by atoms with Gasteiger partial charge >= 0.3 is 11.9 Å². The first-order chi connectivity index (χ1) is 7.72. The normalized spacial score (nSPS) is 18.4. The lowest BCUT2D eigenvalue weighted by Gasteiger charge is -1.99. The van der Waals surface area contributed by atoms with Crippen molar-refractivity contribution in [2.24, 2.45) is 0 Å². The lowest BCUT2D eigenvalue weighted by molar-refractivity contribution is -0.140. The summed E-state index contributed by atoms with van der Waals surface area (Å²) in [6, 6.07) is 0. The average Bonchev–Trinajstić information content (AvgIpc) is 3.08. The summed E-state index contributed by atoms with van der Waals surface area (Å²) in [5.41, 5.74) is 0. The second-order valence-corrected chi connectivity index (χ2v) is 3.44. The van der Waals surface area contributed by atoms with Crippen LogP contribution in [0.15, 0.2) is 12.2 Å². The van der Waals surface area contributed by atoms with E-state index < -0.39 is 11.9 Å². The number of carbonyl (C=O) groups is 2. The molecule has 0 aromatic rings. The Morgan fingerprint density at radius 2 is 1.94 bits per heavy atom. The number of rotatable bonds is 7. The topological polar surface area (TPSA) is 65.1 Å². The van der Waals surface area contributed by atoms with Gasteiger partial charge in [0.15, 0.2) is 0 Å². The molecular formula is C11H16O5. The molecule has 1 aliphatic rings. The highest BCUT2D eigenvalue weighted by Crippen LogP contribution is 2.08. The summed E-state index contributed by atoms with van der Waals surface area (Å²) >= 11 is 0. The van der Waals surface area contributed by atoms with Crippen LogP contribution in [-0.2, 0) is 23.8 Å². The quantitative estimate of drug-likeness (QED) is 0.279. The molecule has 90 valence electrons. The van der Waals surface area contributed by atoms with Crippen molar-refractivity contribution in [2.75, 3.05) is 19.8 Å². The van der Waals surface area contributed by atoms with Gasteiger partial charge in [-0.05, 0) is 6.42 Å². The minimum atomic E-state index is -0.553. The Hall–Kier alpha value is -1.36. The molecule has 0 radical (unpaired) electrons. The van der Waals surface area contributed by atoms with E-state index in [9.17, 15) is 9.59 Å². The summed E-state index contributed by atoms with van der Waals surface area (Å²) in [7, 11) is 0. The van der Waals surface area contributed by atoms with E-state index in [0.717, 1.165) is 25.0 Å². The molecule has 0 N–H and O–H groups in total. The molecule has 0 aromatic heterocycles. The number of esters is 2.